The highest BCUT2D eigenvalue weighted by Gasteiger charge is 2.30. The Labute approximate surface area is 149 Å². The molecule has 7 heteroatoms. The molecule has 0 amide bonds. The standard InChI is InChI=1S/C17H18F3N3.BrH/c18-17(19,20)13-3-1-2-11(8-13)9-23-7-6-14-12(10-23)4-5-15(21)16(14)22;/h1-5,8H,6-7,9-10,21-22H2;1H. The Kier molecular flexibility index (Phi) is 5.45. The molecular weight excluding hydrogens is 383 g/mol. The Morgan fingerprint density at radius 1 is 1.08 bits per heavy atom. The smallest absolute Gasteiger partial charge is 0.397 e. The maximum atomic E-state index is 12.8. The normalized spacial score (nSPS) is 14.8. The molecule has 1 aliphatic heterocycles. The first-order chi connectivity index (χ1) is 10.8. The molecule has 0 atom stereocenters. The van der Waals surface area contributed by atoms with Crippen LogP contribution in [-0.4, -0.2) is 11.4 Å². The van der Waals surface area contributed by atoms with Gasteiger partial charge in [0.15, 0.2) is 0 Å². The Hall–Kier alpha value is -1.73. The van der Waals surface area contributed by atoms with Crippen molar-refractivity contribution in [2.45, 2.75) is 25.7 Å². The van der Waals surface area contributed by atoms with Gasteiger partial charge in [0, 0.05) is 19.6 Å². The largest absolute Gasteiger partial charge is 0.416 e. The Morgan fingerprint density at radius 2 is 1.83 bits per heavy atom. The molecule has 24 heavy (non-hydrogen) atoms. The molecule has 2 aromatic rings. The Bertz CT molecular complexity index is 732. The Balaban J connectivity index is 0.00000208. The van der Waals surface area contributed by atoms with E-state index < -0.39 is 11.7 Å². The van der Waals surface area contributed by atoms with Crippen molar-refractivity contribution in [1.29, 1.82) is 0 Å². The van der Waals surface area contributed by atoms with Gasteiger partial charge >= 0.3 is 6.18 Å². The molecule has 0 saturated heterocycles. The maximum absolute atomic E-state index is 12.8. The number of halogens is 4. The molecule has 0 aromatic heterocycles. The summed E-state index contributed by atoms with van der Waals surface area (Å²) in [6.45, 7) is 1.89. The van der Waals surface area contributed by atoms with Crippen LogP contribution in [0, 0.1) is 0 Å². The number of benzene rings is 2. The van der Waals surface area contributed by atoms with Crippen molar-refractivity contribution in [3.8, 4) is 0 Å². The van der Waals surface area contributed by atoms with Gasteiger partial charge < -0.3 is 11.5 Å². The summed E-state index contributed by atoms with van der Waals surface area (Å²) in [5.41, 5.74) is 15.2. The van der Waals surface area contributed by atoms with Gasteiger partial charge in [-0.15, -0.1) is 17.0 Å². The van der Waals surface area contributed by atoms with E-state index in [9.17, 15) is 13.2 Å². The highest BCUT2D eigenvalue weighted by molar-refractivity contribution is 8.93. The number of nitrogens with two attached hydrogens (primary N) is 2. The predicted octanol–water partition coefficient (Wildman–Crippen LogP) is 4.01. The molecule has 0 fully saturated rings. The first kappa shape index (κ1) is 18.6. The van der Waals surface area contributed by atoms with Gasteiger partial charge in [-0.1, -0.05) is 24.3 Å². The van der Waals surface area contributed by atoms with E-state index >= 15 is 0 Å². The van der Waals surface area contributed by atoms with Crippen LogP contribution in [0.1, 0.15) is 22.3 Å². The van der Waals surface area contributed by atoms with E-state index in [0.29, 0.717) is 30.0 Å². The van der Waals surface area contributed by atoms with Crippen molar-refractivity contribution in [3.63, 3.8) is 0 Å². The summed E-state index contributed by atoms with van der Waals surface area (Å²) in [4.78, 5) is 2.12. The van der Waals surface area contributed by atoms with Crippen LogP contribution in [0.5, 0.6) is 0 Å². The van der Waals surface area contributed by atoms with Crippen molar-refractivity contribution in [2.75, 3.05) is 18.0 Å². The average molecular weight is 402 g/mol. The van der Waals surface area contributed by atoms with E-state index in [2.05, 4.69) is 4.90 Å². The minimum Gasteiger partial charge on any atom is -0.397 e. The molecule has 0 bridgehead atoms. The molecule has 1 heterocycles. The van der Waals surface area contributed by atoms with Crippen LogP contribution < -0.4 is 11.5 Å². The monoisotopic (exact) mass is 401 g/mol. The van der Waals surface area contributed by atoms with Crippen molar-refractivity contribution < 1.29 is 13.2 Å². The van der Waals surface area contributed by atoms with Crippen LogP contribution in [0.25, 0.3) is 0 Å². The van der Waals surface area contributed by atoms with Crippen LogP contribution in [0.15, 0.2) is 36.4 Å². The third kappa shape index (κ3) is 3.84. The third-order valence-electron chi connectivity index (χ3n) is 4.22. The summed E-state index contributed by atoms with van der Waals surface area (Å²) in [6.07, 6.45) is -3.55. The fourth-order valence-corrected chi connectivity index (χ4v) is 3.00. The van der Waals surface area contributed by atoms with E-state index in [-0.39, 0.29) is 17.0 Å². The zero-order chi connectivity index (χ0) is 16.6. The molecule has 0 unspecified atom stereocenters. The molecular formula is C17H19BrF3N3. The van der Waals surface area contributed by atoms with Crippen LogP contribution in [0.2, 0.25) is 0 Å². The predicted molar refractivity (Wildman–Crippen MR) is 94.9 cm³/mol. The quantitative estimate of drug-likeness (QED) is 0.747. The number of nitrogens with zero attached hydrogens (tertiary/aromatic N) is 1. The average Bonchev–Trinajstić information content (AvgIpc) is 2.51. The molecule has 0 spiro atoms. The summed E-state index contributed by atoms with van der Waals surface area (Å²) in [6, 6.07) is 9.21. The number of alkyl halides is 3. The second-order valence-corrected chi connectivity index (χ2v) is 5.86. The van der Waals surface area contributed by atoms with Gasteiger partial charge in [-0.05, 0) is 35.2 Å². The van der Waals surface area contributed by atoms with Crippen molar-refractivity contribution >= 4 is 28.4 Å². The van der Waals surface area contributed by atoms with Gasteiger partial charge in [-0.25, -0.2) is 0 Å². The fourth-order valence-electron chi connectivity index (χ4n) is 3.00. The van der Waals surface area contributed by atoms with Crippen molar-refractivity contribution in [1.82, 2.24) is 4.90 Å². The molecule has 4 N–H and O–H groups in total. The second-order valence-electron chi connectivity index (χ2n) is 5.86. The SMILES string of the molecule is Br.Nc1ccc2c(c1N)CCN(Cc1cccc(C(F)(F)F)c1)C2. The highest BCUT2D eigenvalue weighted by Crippen LogP contribution is 2.31. The summed E-state index contributed by atoms with van der Waals surface area (Å²) < 4.78 is 38.4. The molecule has 0 radical (unpaired) electrons. The minimum atomic E-state index is -4.31. The van der Waals surface area contributed by atoms with E-state index in [1.807, 2.05) is 6.07 Å². The van der Waals surface area contributed by atoms with Crippen LogP contribution in [0.4, 0.5) is 24.5 Å². The van der Waals surface area contributed by atoms with E-state index in [1.54, 1.807) is 12.1 Å². The van der Waals surface area contributed by atoms with Crippen molar-refractivity contribution in [3.05, 3.63) is 58.7 Å². The molecule has 3 rings (SSSR count). The minimum absolute atomic E-state index is 0. The van der Waals surface area contributed by atoms with Gasteiger partial charge in [-0.2, -0.15) is 13.2 Å². The summed E-state index contributed by atoms with van der Waals surface area (Å²) >= 11 is 0. The highest BCUT2D eigenvalue weighted by atomic mass is 79.9. The fraction of sp³-hybridized carbons (Fsp3) is 0.294. The van der Waals surface area contributed by atoms with Gasteiger partial charge in [-0.3, -0.25) is 4.90 Å². The summed E-state index contributed by atoms with van der Waals surface area (Å²) in [5.74, 6) is 0. The lowest BCUT2D eigenvalue weighted by molar-refractivity contribution is -0.137. The van der Waals surface area contributed by atoms with Gasteiger partial charge in [0.1, 0.15) is 0 Å². The number of hydrogen-bond acceptors (Lipinski definition) is 3. The maximum Gasteiger partial charge on any atom is 0.416 e. The van der Waals surface area contributed by atoms with Gasteiger partial charge in [0.2, 0.25) is 0 Å². The molecule has 2 aromatic carbocycles. The lowest BCUT2D eigenvalue weighted by Crippen LogP contribution is -2.30. The topological polar surface area (TPSA) is 55.3 Å². The van der Waals surface area contributed by atoms with E-state index in [0.717, 1.165) is 30.2 Å². The van der Waals surface area contributed by atoms with Crippen LogP contribution in [0.3, 0.4) is 0 Å². The summed E-state index contributed by atoms with van der Waals surface area (Å²) in [7, 11) is 0. The lowest BCUT2D eigenvalue weighted by Gasteiger charge is -2.30. The number of hydrogen-bond donors (Lipinski definition) is 2. The number of anilines is 2. The molecule has 3 nitrogen and oxygen atoms in total. The third-order valence-corrected chi connectivity index (χ3v) is 4.22. The molecule has 1 aliphatic rings. The number of rotatable bonds is 2. The van der Waals surface area contributed by atoms with E-state index in [4.69, 9.17) is 11.5 Å². The van der Waals surface area contributed by atoms with Gasteiger partial charge in [0.25, 0.3) is 0 Å². The van der Waals surface area contributed by atoms with Crippen LogP contribution >= 0.6 is 17.0 Å². The second kappa shape index (κ2) is 7.03. The molecule has 0 saturated carbocycles. The Morgan fingerprint density at radius 3 is 2.54 bits per heavy atom. The van der Waals surface area contributed by atoms with Crippen molar-refractivity contribution in [2.24, 2.45) is 0 Å². The zero-order valence-corrected chi connectivity index (χ0v) is 14.6. The first-order valence-corrected chi connectivity index (χ1v) is 7.39. The molecule has 0 aliphatic carbocycles. The van der Waals surface area contributed by atoms with E-state index in [1.165, 1.54) is 12.1 Å². The summed E-state index contributed by atoms with van der Waals surface area (Å²) in [5, 5.41) is 0. The van der Waals surface area contributed by atoms with Crippen LogP contribution in [-0.2, 0) is 25.7 Å². The number of fused-ring (bicyclic) bond motifs is 1. The zero-order valence-electron chi connectivity index (χ0n) is 12.9. The molecule has 130 valence electrons. The number of nitrogen functional groups attached to an aromatic ring is 2. The lowest BCUT2D eigenvalue weighted by atomic mass is 9.96. The first-order valence-electron chi connectivity index (χ1n) is 7.39. The van der Waals surface area contributed by atoms with Gasteiger partial charge in [0.05, 0.1) is 16.9 Å².